The molecule has 3 heterocycles. The maximum Gasteiger partial charge on any atom is 0.120 e. The van der Waals surface area contributed by atoms with Crippen molar-refractivity contribution in [2.24, 2.45) is 5.92 Å². The Labute approximate surface area is 366 Å². The van der Waals surface area contributed by atoms with Gasteiger partial charge in [0.1, 0.15) is 5.58 Å². The number of fused-ring (bicyclic) bond motifs is 3. The average molecular weight is 969 g/mol. The molecule has 8 rings (SSSR count). The van der Waals surface area contributed by atoms with Gasteiger partial charge < -0.3 is 14.4 Å². The molecule has 0 saturated heterocycles. The molecule has 5 aromatic carbocycles. The molecular formula is C54H56IrN2OSi-2. The molecule has 0 spiro atoms. The number of benzene rings is 5. The van der Waals surface area contributed by atoms with Crippen LogP contribution in [0.2, 0.25) is 19.6 Å². The van der Waals surface area contributed by atoms with Gasteiger partial charge in [0.15, 0.2) is 0 Å². The van der Waals surface area contributed by atoms with Crippen LogP contribution in [0.5, 0.6) is 0 Å². The fraction of sp³-hybridized carbons (Fsp3) is 0.259. The largest absolute Gasteiger partial charge is 0.501 e. The fourth-order valence-corrected chi connectivity index (χ4v) is 9.25. The summed E-state index contributed by atoms with van der Waals surface area (Å²) in [5, 5.41) is 3.68. The van der Waals surface area contributed by atoms with E-state index in [2.05, 4.69) is 201 Å². The van der Waals surface area contributed by atoms with E-state index in [0.29, 0.717) is 11.8 Å². The Kier molecular flexibility index (Phi) is 13.1. The Balaban J connectivity index is 0.000000213. The van der Waals surface area contributed by atoms with Crippen LogP contribution in [0.1, 0.15) is 69.7 Å². The van der Waals surface area contributed by atoms with Crippen molar-refractivity contribution in [2.75, 3.05) is 0 Å². The van der Waals surface area contributed by atoms with Gasteiger partial charge in [0.05, 0.1) is 13.7 Å². The van der Waals surface area contributed by atoms with Crippen molar-refractivity contribution in [1.29, 1.82) is 0 Å². The molecule has 0 aliphatic carbocycles. The molecule has 0 N–H and O–H groups in total. The van der Waals surface area contributed by atoms with Crippen LogP contribution in [0.15, 0.2) is 132 Å². The molecule has 3 aromatic heterocycles. The minimum atomic E-state index is -1.41. The van der Waals surface area contributed by atoms with E-state index in [0.717, 1.165) is 44.5 Å². The van der Waals surface area contributed by atoms with E-state index in [1.807, 2.05) is 18.3 Å². The second-order valence-electron chi connectivity index (χ2n) is 18.2. The standard InChI is InChI=1S/C33H26NO.C21H30NSi.Ir/c1-33(2,3)26-18-19-34-30(21-26)28-11-7-10-27-29-20-25(16-17-31(29)35-32(27)28)24-14-12-23(13-15-24)22-8-5-4-6-9-22;1-14(2)17(5)19-12-20(22-13-21(19)23(6,7)8)18-10-9-15(3)11-16(18)4;/h4-10,12-21H,1-3H3;9,11-14,17H,1-8H3;/q2*-1;. The predicted molar refractivity (Wildman–Crippen MR) is 250 cm³/mol. The van der Waals surface area contributed by atoms with E-state index < -0.39 is 8.07 Å². The second-order valence-corrected chi connectivity index (χ2v) is 23.2. The van der Waals surface area contributed by atoms with Gasteiger partial charge in [-0.3, -0.25) is 0 Å². The number of hydrogen-bond donors (Lipinski definition) is 0. The summed E-state index contributed by atoms with van der Waals surface area (Å²) in [5.74, 6) is 1.17. The van der Waals surface area contributed by atoms with Crippen LogP contribution in [0, 0.1) is 31.9 Å². The zero-order chi connectivity index (χ0) is 41.4. The summed E-state index contributed by atoms with van der Waals surface area (Å²) in [4.78, 5) is 9.46. The van der Waals surface area contributed by atoms with Gasteiger partial charge in [0.2, 0.25) is 0 Å². The molecule has 5 heteroatoms. The third kappa shape index (κ3) is 9.60. The van der Waals surface area contributed by atoms with Gasteiger partial charge in [-0.25, -0.2) is 0 Å². The number of aryl methyl sites for hydroxylation is 2. The van der Waals surface area contributed by atoms with Crippen LogP contribution >= 0.6 is 0 Å². The Bertz CT molecular complexity index is 2700. The van der Waals surface area contributed by atoms with Crippen LogP contribution in [-0.2, 0) is 25.5 Å². The summed E-state index contributed by atoms with van der Waals surface area (Å²) in [6.07, 6.45) is 4.02. The summed E-state index contributed by atoms with van der Waals surface area (Å²) < 4.78 is 6.36. The minimum absolute atomic E-state index is 0. The van der Waals surface area contributed by atoms with Crippen LogP contribution in [0.4, 0.5) is 0 Å². The summed E-state index contributed by atoms with van der Waals surface area (Å²) in [5.41, 5.74) is 15.8. The van der Waals surface area contributed by atoms with Crippen molar-refractivity contribution in [3.63, 3.8) is 0 Å². The topological polar surface area (TPSA) is 38.9 Å². The number of nitrogens with zero attached hydrogens (tertiary/aromatic N) is 2. The van der Waals surface area contributed by atoms with E-state index >= 15 is 0 Å². The molecular weight excluding hydrogens is 913 g/mol. The maximum atomic E-state index is 6.36. The number of pyridine rings is 2. The zero-order valence-electron chi connectivity index (χ0n) is 36.4. The minimum Gasteiger partial charge on any atom is -0.501 e. The van der Waals surface area contributed by atoms with Gasteiger partial charge in [-0.15, -0.1) is 53.1 Å². The Morgan fingerprint density at radius 1 is 0.661 bits per heavy atom. The van der Waals surface area contributed by atoms with Crippen LogP contribution < -0.4 is 5.19 Å². The Morgan fingerprint density at radius 3 is 1.95 bits per heavy atom. The summed E-state index contributed by atoms with van der Waals surface area (Å²) >= 11 is 0. The molecule has 0 aliphatic rings. The van der Waals surface area contributed by atoms with Crippen LogP contribution in [-0.4, -0.2) is 18.0 Å². The Morgan fingerprint density at radius 2 is 1.31 bits per heavy atom. The summed E-state index contributed by atoms with van der Waals surface area (Å²) in [7, 11) is -1.41. The second kappa shape index (κ2) is 17.7. The zero-order valence-corrected chi connectivity index (χ0v) is 39.8. The third-order valence-electron chi connectivity index (χ3n) is 11.4. The molecule has 0 fully saturated rings. The van der Waals surface area contributed by atoms with Gasteiger partial charge in [0.25, 0.3) is 0 Å². The summed E-state index contributed by atoms with van der Waals surface area (Å²) in [6.45, 7) is 25.1. The predicted octanol–water partition coefficient (Wildman–Crippen LogP) is 14.5. The maximum absolute atomic E-state index is 6.36. The fourth-order valence-electron chi connectivity index (χ4n) is 7.63. The van der Waals surface area contributed by atoms with Crippen molar-refractivity contribution >= 4 is 35.2 Å². The van der Waals surface area contributed by atoms with Crippen molar-refractivity contribution in [1.82, 2.24) is 9.97 Å². The van der Waals surface area contributed by atoms with E-state index in [-0.39, 0.29) is 25.5 Å². The van der Waals surface area contributed by atoms with Crippen molar-refractivity contribution in [2.45, 2.75) is 86.4 Å². The van der Waals surface area contributed by atoms with Crippen LogP contribution in [0.3, 0.4) is 0 Å². The van der Waals surface area contributed by atoms with Gasteiger partial charge in [-0.05, 0) is 79.8 Å². The Hall–Kier alpha value is -4.93. The van der Waals surface area contributed by atoms with Gasteiger partial charge >= 0.3 is 0 Å². The first kappa shape index (κ1) is 43.6. The molecule has 0 saturated carbocycles. The van der Waals surface area contributed by atoms with Gasteiger partial charge in [-0.2, -0.15) is 0 Å². The molecule has 303 valence electrons. The molecule has 8 aromatic rings. The van der Waals surface area contributed by atoms with Crippen molar-refractivity contribution in [3.8, 4) is 44.8 Å². The molecule has 0 amide bonds. The number of furan rings is 1. The monoisotopic (exact) mass is 969 g/mol. The molecule has 0 aliphatic heterocycles. The molecule has 1 unspecified atom stereocenters. The normalized spacial score (nSPS) is 12.3. The first-order valence-electron chi connectivity index (χ1n) is 20.6. The molecule has 1 radical (unpaired) electrons. The first-order chi connectivity index (χ1) is 27.6. The third-order valence-corrected chi connectivity index (χ3v) is 13.4. The van der Waals surface area contributed by atoms with E-state index in [1.54, 1.807) is 0 Å². The molecule has 1 atom stereocenters. The van der Waals surface area contributed by atoms with E-state index in [1.165, 1.54) is 49.7 Å². The molecule has 0 bridgehead atoms. The average Bonchev–Trinajstić information content (AvgIpc) is 3.59. The first-order valence-corrected chi connectivity index (χ1v) is 24.1. The summed E-state index contributed by atoms with van der Waals surface area (Å²) in [6, 6.07) is 47.3. The number of aromatic nitrogens is 2. The van der Waals surface area contributed by atoms with Crippen LogP contribution in [0.25, 0.3) is 66.7 Å². The van der Waals surface area contributed by atoms with Crippen molar-refractivity contribution in [3.05, 3.63) is 162 Å². The van der Waals surface area contributed by atoms with Gasteiger partial charge in [0, 0.05) is 37.9 Å². The SMILES string of the molecule is CC(C)(C)c1ccnc(-c2[c-]ccc3c2oc2ccc(-c4ccc(-c5ccccc5)cc4)cc23)c1.Cc1c[c-]c(-c2cc(C(C)C(C)C)c([Si](C)(C)C)cn2)c(C)c1.[Ir]. The number of rotatable bonds is 7. The quantitative estimate of drug-likeness (QED) is 0.118. The van der Waals surface area contributed by atoms with E-state index in [9.17, 15) is 0 Å². The smallest absolute Gasteiger partial charge is 0.120 e. The molecule has 59 heavy (non-hydrogen) atoms. The van der Waals surface area contributed by atoms with Gasteiger partial charge in [-0.1, -0.05) is 164 Å². The number of hydrogen-bond acceptors (Lipinski definition) is 3. The van der Waals surface area contributed by atoms with E-state index in [4.69, 9.17) is 9.40 Å². The molecule has 3 nitrogen and oxygen atoms in total. The van der Waals surface area contributed by atoms with Crippen molar-refractivity contribution < 1.29 is 24.5 Å².